The van der Waals surface area contributed by atoms with E-state index < -0.39 is 5.97 Å². The van der Waals surface area contributed by atoms with Crippen LogP contribution >= 0.6 is 0 Å². The van der Waals surface area contributed by atoms with Crippen molar-refractivity contribution in [3.63, 3.8) is 0 Å². The molecule has 0 unspecified atom stereocenters. The number of aromatic carboxylic acids is 1. The fourth-order valence-corrected chi connectivity index (χ4v) is 2.31. The smallest absolute Gasteiger partial charge is 0.356 e. The van der Waals surface area contributed by atoms with Crippen molar-refractivity contribution in [2.75, 3.05) is 0 Å². The molecule has 0 radical (unpaired) electrons. The number of aromatic nitrogens is 2. The molecule has 1 N–H and O–H groups in total. The zero-order valence-electron chi connectivity index (χ0n) is 11.1. The molecule has 0 amide bonds. The number of nitrogens with zero attached hydrogens (tertiary/aromatic N) is 2. The van der Waals surface area contributed by atoms with Crippen LogP contribution in [0.5, 0.6) is 0 Å². The van der Waals surface area contributed by atoms with Gasteiger partial charge in [0.1, 0.15) is 0 Å². The van der Waals surface area contributed by atoms with Crippen LogP contribution in [-0.2, 0) is 0 Å². The molecule has 0 spiro atoms. The lowest BCUT2D eigenvalue weighted by Crippen LogP contribution is -2.05. The van der Waals surface area contributed by atoms with Gasteiger partial charge in [0.05, 0.1) is 5.69 Å². The Kier molecular flexibility index (Phi) is 2.66. The van der Waals surface area contributed by atoms with Crippen LogP contribution in [0.4, 0.5) is 0 Å². The summed E-state index contributed by atoms with van der Waals surface area (Å²) < 4.78 is 1.81. The lowest BCUT2D eigenvalue weighted by molar-refractivity contribution is 0.0690. The Morgan fingerprint density at radius 3 is 2.68 bits per heavy atom. The minimum Gasteiger partial charge on any atom is -0.476 e. The average Bonchev–Trinajstić information content (AvgIpc) is 3.11. The van der Waals surface area contributed by atoms with Crippen molar-refractivity contribution in [2.45, 2.75) is 32.6 Å². The van der Waals surface area contributed by atoms with Crippen LogP contribution in [0.2, 0.25) is 0 Å². The number of hydrogen-bond donors (Lipinski definition) is 1. The summed E-state index contributed by atoms with van der Waals surface area (Å²) in [6.45, 7) is 4.05. The number of aryl methyl sites for hydroxylation is 2. The zero-order chi connectivity index (χ0) is 13.6. The highest BCUT2D eigenvalue weighted by Crippen LogP contribution is 2.41. The van der Waals surface area contributed by atoms with Crippen molar-refractivity contribution >= 4 is 5.97 Å². The topological polar surface area (TPSA) is 55.1 Å². The number of carboxylic acids is 1. The number of hydrogen-bond acceptors (Lipinski definition) is 2. The lowest BCUT2D eigenvalue weighted by atomic mass is 10.1. The summed E-state index contributed by atoms with van der Waals surface area (Å²) >= 11 is 0. The van der Waals surface area contributed by atoms with E-state index >= 15 is 0 Å². The largest absolute Gasteiger partial charge is 0.476 e. The molecule has 19 heavy (non-hydrogen) atoms. The van der Waals surface area contributed by atoms with Crippen LogP contribution in [-0.4, -0.2) is 20.9 Å². The van der Waals surface area contributed by atoms with Gasteiger partial charge in [-0.05, 0) is 49.9 Å². The molecule has 1 aliphatic carbocycles. The second-order valence-corrected chi connectivity index (χ2v) is 5.24. The third kappa shape index (κ3) is 2.14. The molecule has 1 aromatic carbocycles. The zero-order valence-corrected chi connectivity index (χ0v) is 11.1. The number of carbonyl (C=O) groups is 1. The van der Waals surface area contributed by atoms with E-state index in [9.17, 15) is 4.79 Å². The van der Waals surface area contributed by atoms with Crippen LogP contribution in [0.1, 0.15) is 46.1 Å². The summed E-state index contributed by atoms with van der Waals surface area (Å²) in [5.41, 5.74) is 4.38. The van der Waals surface area contributed by atoms with Gasteiger partial charge in [-0.3, -0.25) is 0 Å². The standard InChI is InChI=1S/C15H16N2O2/c1-9-3-4-10(2)13(7-9)17-14(11-5-6-11)8-12(16-17)15(18)19/h3-4,7-8,11H,5-6H2,1-2H3,(H,18,19). The van der Waals surface area contributed by atoms with Gasteiger partial charge in [-0.2, -0.15) is 5.10 Å². The number of rotatable bonds is 3. The summed E-state index contributed by atoms with van der Waals surface area (Å²) in [5.74, 6) is -0.508. The fourth-order valence-electron chi connectivity index (χ4n) is 2.31. The molecule has 4 heteroatoms. The average molecular weight is 256 g/mol. The van der Waals surface area contributed by atoms with E-state index in [1.165, 1.54) is 0 Å². The molecule has 0 bridgehead atoms. The van der Waals surface area contributed by atoms with Gasteiger partial charge in [-0.25, -0.2) is 9.48 Å². The van der Waals surface area contributed by atoms with Crippen molar-refractivity contribution in [3.05, 3.63) is 46.8 Å². The predicted octanol–water partition coefficient (Wildman–Crippen LogP) is 3.06. The van der Waals surface area contributed by atoms with E-state index in [1.807, 2.05) is 24.6 Å². The van der Waals surface area contributed by atoms with Gasteiger partial charge in [0.2, 0.25) is 0 Å². The SMILES string of the molecule is Cc1ccc(C)c(-n2nc(C(=O)O)cc2C2CC2)c1. The normalized spacial score (nSPS) is 14.6. The molecule has 0 saturated heterocycles. The summed E-state index contributed by atoms with van der Waals surface area (Å²) in [6, 6.07) is 7.86. The summed E-state index contributed by atoms with van der Waals surface area (Å²) in [6.07, 6.45) is 2.24. The van der Waals surface area contributed by atoms with E-state index in [4.69, 9.17) is 5.11 Å². The predicted molar refractivity (Wildman–Crippen MR) is 72.0 cm³/mol. The van der Waals surface area contributed by atoms with Crippen molar-refractivity contribution < 1.29 is 9.90 Å². The van der Waals surface area contributed by atoms with Gasteiger partial charge < -0.3 is 5.11 Å². The van der Waals surface area contributed by atoms with Crippen molar-refractivity contribution in [3.8, 4) is 5.69 Å². The van der Waals surface area contributed by atoms with Crippen molar-refractivity contribution in [1.29, 1.82) is 0 Å². The van der Waals surface area contributed by atoms with Crippen LogP contribution in [0, 0.1) is 13.8 Å². The molecule has 3 rings (SSSR count). The van der Waals surface area contributed by atoms with Gasteiger partial charge in [0.25, 0.3) is 0 Å². The van der Waals surface area contributed by atoms with Crippen LogP contribution in [0.25, 0.3) is 5.69 Å². The first-order valence-corrected chi connectivity index (χ1v) is 6.47. The second-order valence-electron chi connectivity index (χ2n) is 5.24. The summed E-state index contributed by atoms with van der Waals surface area (Å²) in [5, 5.41) is 13.4. The fraction of sp³-hybridized carbons (Fsp3) is 0.333. The maximum atomic E-state index is 11.1. The number of benzene rings is 1. The molecule has 1 aliphatic rings. The Morgan fingerprint density at radius 1 is 1.32 bits per heavy atom. The second kappa shape index (κ2) is 4.23. The molecule has 1 fully saturated rings. The maximum absolute atomic E-state index is 11.1. The minimum atomic E-state index is -0.967. The Bertz CT molecular complexity index is 654. The van der Waals surface area contributed by atoms with Gasteiger partial charge in [-0.15, -0.1) is 0 Å². The first kappa shape index (κ1) is 12.0. The summed E-state index contributed by atoms with van der Waals surface area (Å²) in [7, 11) is 0. The van der Waals surface area contributed by atoms with Gasteiger partial charge in [0.15, 0.2) is 5.69 Å². The van der Waals surface area contributed by atoms with Crippen LogP contribution < -0.4 is 0 Å². The van der Waals surface area contributed by atoms with E-state index in [0.29, 0.717) is 5.92 Å². The molecule has 98 valence electrons. The monoisotopic (exact) mass is 256 g/mol. The van der Waals surface area contributed by atoms with Crippen LogP contribution in [0.15, 0.2) is 24.3 Å². The maximum Gasteiger partial charge on any atom is 0.356 e. The van der Waals surface area contributed by atoms with Gasteiger partial charge in [0, 0.05) is 11.6 Å². The van der Waals surface area contributed by atoms with E-state index in [-0.39, 0.29) is 5.69 Å². The van der Waals surface area contributed by atoms with E-state index in [0.717, 1.165) is 35.3 Å². The molecule has 1 heterocycles. The molecule has 1 aromatic heterocycles. The Labute approximate surface area is 111 Å². The first-order valence-electron chi connectivity index (χ1n) is 6.47. The Morgan fingerprint density at radius 2 is 2.05 bits per heavy atom. The Hall–Kier alpha value is -2.10. The minimum absolute atomic E-state index is 0.128. The van der Waals surface area contributed by atoms with Crippen molar-refractivity contribution in [2.24, 2.45) is 0 Å². The molecule has 4 nitrogen and oxygen atoms in total. The van der Waals surface area contributed by atoms with Crippen LogP contribution in [0.3, 0.4) is 0 Å². The third-order valence-corrected chi connectivity index (χ3v) is 3.54. The highest BCUT2D eigenvalue weighted by molar-refractivity contribution is 5.85. The highest BCUT2D eigenvalue weighted by Gasteiger charge is 2.30. The van der Waals surface area contributed by atoms with Gasteiger partial charge in [-0.1, -0.05) is 12.1 Å². The highest BCUT2D eigenvalue weighted by atomic mass is 16.4. The molecular weight excluding hydrogens is 240 g/mol. The summed E-state index contributed by atoms with van der Waals surface area (Å²) in [4.78, 5) is 11.1. The number of carboxylic acid groups (broad SMARTS) is 1. The molecule has 2 aromatic rings. The quantitative estimate of drug-likeness (QED) is 0.918. The van der Waals surface area contributed by atoms with Gasteiger partial charge >= 0.3 is 5.97 Å². The molecule has 1 saturated carbocycles. The van der Waals surface area contributed by atoms with E-state index in [1.54, 1.807) is 6.07 Å². The first-order chi connectivity index (χ1) is 9.06. The molecule has 0 aliphatic heterocycles. The van der Waals surface area contributed by atoms with Crippen molar-refractivity contribution in [1.82, 2.24) is 9.78 Å². The lowest BCUT2D eigenvalue weighted by Gasteiger charge is -2.10. The molecular formula is C15H16N2O2. The molecule has 0 atom stereocenters. The Balaban J connectivity index is 2.17. The van der Waals surface area contributed by atoms with E-state index in [2.05, 4.69) is 17.2 Å². The third-order valence-electron chi connectivity index (χ3n) is 3.54.